The Morgan fingerprint density at radius 2 is 0.667 bits per heavy atom. The first-order chi connectivity index (χ1) is 44.0. The van der Waals surface area contributed by atoms with Gasteiger partial charge in [-0.1, -0.05) is 360 Å². The third-order valence-corrected chi connectivity index (χ3v) is 17.7. The monoisotopic (exact) mass is 1270 g/mol. The van der Waals surface area contributed by atoms with E-state index < -0.39 is 20.0 Å². The second-order valence-electron chi connectivity index (χ2n) is 26.6. The van der Waals surface area contributed by atoms with E-state index in [4.69, 9.17) is 9.05 Å². The predicted molar refractivity (Wildman–Crippen MR) is 396 cm³/mol. The highest BCUT2D eigenvalue weighted by molar-refractivity contribution is 7.47. The first-order valence-electron chi connectivity index (χ1n) is 37.9. The quantitative estimate of drug-likeness (QED) is 0.0243. The van der Waals surface area contributed by atoms with Gasteiger partial charge in [0.05, 0.1) is 39.9 Å². The van der Waals surface area contributed by atoms with Gasteiger partial charge < -0.3 is 19.8 Å². The number of amides is 1. The highest BCUT2D eigenvalue weighted by atomic mass is 31.2. The molecule has 0 aliphatic rings. The molecule has 0 aromatic rings. The van der Waals surface area contributed by atoms with E-state index in [-0.39, 0.29) is 19.1 Å². The fraction of sp³-hybridized carbons (Fsp3) is 0.741. The summed E-state index contributed by atoms with van der Waals surface area (Å²) in [6.07, 6.45) is 105. The molecule has 0 rings (SSSR count). The number of aliphatic hydroxyl groups excluding tert-OH is 1. The van der Waals surface area contributed by atoms with Gasteiger partial charge >= 0.3 is 7.82 Å². The summed E-state index contributed by atoms with van der Waals surface area (Å²) in [5.74, 6) is -0.178. The topological polar surface area (TPSA) is 105 Å². The van der Waals surface area contributed by atoms with Crippen LogP contribution in [0, 0.1) is 0 Å². The van der Waals surface area contributed by atoms with Crippen molar-refractivity contribution in [2.75, 3.05) is 40.9 Å². The number of hydrogen-bond acceptors (Lipinski definition) is 5. The summed E-state index contributed by atoms with van der Waals surface area (Å²) in [7, 11) is 1.57. The van der Waals surface area contributed by atoms with Gasteiger partial charge in [-0.25, -0.2) is 4.57 Å². The van der Waals surface area contributed by atoms with Gasteiger partial charge in [0.25, 0.3) is 0 Å². The lowest BCUT2D eigenvalue weighted by Crippen LogP contribution is -2.45. The molecule has 0 spiro atoms. The van der Waals surface area contributed by atoms with E-state index in [1.807, 2.05) is 27.2 Å². The summed E-state index contributed by atoms with van der Waals surface area (Å²) in [6, 6.07) is -0.856. The molecule has 9 heteroatoms. The second-order valence-corrected chi connectivity index (χ2v) is 28.1. The van der Waals surface area contributed by atoms with Gasteiger partial charge in [0.2, 0.25) is 5.91 Å². The lowest BCUT2D eigenvalue weighted by molar-refractivity contribution is -0.870. The number of likely N-dealkylation sites (N-methyl/N-ethyl adjacent to an activating group) is 1. The number of carbonyl (C=O) groups is 1. The molecule has 0 saturated carbocycles. The largest absolute Gasteiger partial charge is 0.472 e. The van der Waals surface area contributed by atoms with Crippen LogP contribution in [0.1, 0.15) is 335 Å². The van der Waals surface area contributed by atoms with Gasteiger partial charge in [-0.05, 0) is 89.9 Å². The second kappa shape index (κ2) is 70.2. The normalized spacial score (nSPS) is 14.3. The Morgan fingerprint density at radius 3 is 0.978 bits per heavy atom. The minimum atomic E-state index is -4.36. The zero-order valence-corrected chi connectivity index (χ0v) is 60.5. The highest BCUT2D eigenvalue weighted by Crippen LogP contribution is 2.43. The molecule has 520 valence electrons. The molecule has 0 bridgehead atoms. The maximum absolute atomic E-state index is 13.1. The number of hydrogen-bond donors (Lipinski definition) is 3. The molecule has 3 unspecified atom stereocenters. The van der Waals surface area contributed by atoms with Gasteiger partial charge in [0, 0.05) is 6.42 Å². The summed E-state index contributed by atoms with van der Waals surface area (Å²) in [5.41, 5.74) is 0. The van der Waals surface area contributed by atoms with E-state index in [9.17, 15) is 19.4 Å². The Labute approximate surface area is 558 Å². The maximum atomic E-state index is 13.1. The minimum Gasteiger partial charge on any atom is -0.387 e. The number of carbonyl (C=O) groups excluding carboxylic acids is 1. The Balaban J connectivity index is 4.05. The summed E-state index contributed by atoms with van der Waals surface area (Å²) < 4.78 is 23.9. The minimum absolute atomic E-state index is 0.0578. The Bertz CT molecular complexity index is 1890. The van der Waals surface area contributed by atoms with Crippen LogP contribution in [-0.4, -0.2) is 73.4 Å². The summed E-state index contributed by atoms with van der Waals surface area (Å²) in [5, 5.41) is 14.0. The fourth-order valence-corrected chi connectivity index (χ4v) is 11.6. The first kappa shape index (κ1) is 86.9. The van der Waals surface area contributed by atoms with Crippen molar-refractivity contribution in [2.24, 2.45) is 0 Å². The van der Waals surface area contributed by atoms with E-state index in [0.29, 0.717) is 17.4 Å². The van der Waals surface area contributed by atoms with Gasteiger partial charge in [-0.2, -0.15) is 0 Å². The van der Waals surface area contributed by atoms with E-state index in [2.05, 4.69) is 129 Å². The Hall–Kier alpha value is -3.10. The molecule has 0 aromatic heterocycles. The molecule has 3 N–H and O–H groups in total. The number of allylic oxidation sites excluding steroid dienone is 19. The molecule has 1 amide bonds. The molecule has 0 aromatic carbocycles. The van der Waals surface area contributed by atoms with Crippen LogP contribution in [0.3, 0.4) is 0 Å². The van der Waals surface area contributed by atoms with Crippen molar-refractivity contribution in [2.45, 2.75) is 347 Å². The molecule has 0 aliphatic carbocycles. The zero-order chi connectivity index (χ0) is 65.5. The van der Waals surface area contributed by atoms with Crippen LogP contribution < -0.4 is 5.32 Å². The van der Waals surface area contributed by atoms with Crippen LogP contribution >= 0.6 is 7.82 Å². The molecule has 3 atom stereocenters. The van der Waals surface area contributed by atoms with Crippen LogP contribution in [0.25, 0.3) is 0 Å². The van der Waals surface area contributed by atoms with E-state index >= 15 is 0 Å². The van der Waals surface area contributed by atoms with E-state index in [0.717, 1.165) is 96.3 Å². The number of nitrogens with zero attached hydrogens (tertiary/aromatic N) is 1. The van der Waals surface area contributed by atoms with Crippen molar-refractivity contribution in [3.63, 3.8) is 0 Å². The van der Waals surface area contributed by atoms with E-state index in [1.54, 1.807) is 6.08 Å². The van der Waals surface area contributed by atoms with Crippen molar-refractivity contribution in [3.05, 3.63) is 122 Å². The Kier molecular flexibility index (Phi) is 67.8. The number of phosphoric acid groups is 1. The van der Waals surface area contributed by atoms with Gasteiger partial charge in [0.15, 0.2) is 0 Å². The van der Waals surface area contributed by atoms with Crippen LogP contribution in [0.4, 0.5) is 0 Å². The summed E-state index contributed by atoms with van der Waals surface area (Å²) >= 11 is 0. The van der Waals surface area contributed by atoms with Crippen molar-refractivity contribution in [1.82, 2.24) is 5.32 Å². The molecular formula is C81H146N2O6P+. The van der Waals surface area contributed by atoms with Crippen LogP contribution in [0.2, 0.25) is 0 Å². The van der Waals surface area contributed by atoms with Crippen molar-refractivity contribution in [1.29, 1.82) is 0 Å². The SMILES string of the molecule is CC/C=C\C/C=C\C/C=C\C/C=C\C/C=C\C/C=C\C/C=C\C/C=C\C/C=C\CCCCCCCCCCCCCCCC(=O)NC(COP(=O)(O)OCC[N+](C)(C)C)C(O)/C=C/CCCCCCCCCCCCCCCCCCCCCCCCCCC. The summed E-state index contributed by atoms with van der Waals surface area (Å²) in [6.45, 7) is 4.73. The molecule has 90 heavy (non-hydrogen) atoms. The van der Waals surface area contributed by atoms with Gasteiger partial charge in [-0.3, -0.25) is 13.8 Å². The maximum Gasteiger partial charge on any atom is 0.472 e. The van der Waals surface area contributed by atoms with Crippen LogP contribution in [0.15, 0.2) is 122 Å². The predicted octanol–water partition coefficient (Wildman–Crippen LogP) is 24.8. The zero-order valence-electron chi connectivity index (χ0n) is 59.6. The van der Waals surface area contributed by atoms with Gasteiger partial charge in [-0.15, -0.1) is 0 Å². The third kappa shape index (κ3) is 72.3. The number of phosphoric ester groups is 1. The Morgan fingerprint density at radius 1 is 0.389 bits per heavy atom. The van der Waals surface area contributed by atoms with E-state index in [1.165, 1.54) is 218 Å². The number of nitrogens with one attached hydrogen (secondary N) is 1. The average molecular weight is 1280 g/mol. The number of quaternary nitrogens is 1. The third-order valence-electron chi connectivity index (χ3n) is 16.7. The molecule has 0 heterocycles. The number of rotatable bonds is 69. The lowest BCUT2D eigenvalue weighted by Gasteiger charge is -2.25. The fourth-order valence-electron chi connectivity index (χ4n) is 10.9. The highest BCUT2D eigenvalue weighted by Gasteiger charge is 2.28. The lowest BCUT2D eigenvalue weighted by atomic mass is 10.0. The van der Waals surface area contributed by atoms with Crippen molar-refractivity contribution < 1.29 is 32.9 Å². The van der Waals surface area contributed by atoms with Crippen LogP contribution in [-0.2, 0) is 18.4 Å². The molecule has 0 radical (unpaired) electrons. The molecule has 0 fully saturated rings. The molecular weight excluding hydrogens is 1130 g/mol. The first-order valence-corrected chi connectivity index (χ1v) is 39.4. The molecule has 8 nitrogen and oxygen atoms in total. The average Bonchev–Trinajstić information content (AvgIpc) is 3.09. The van der Waals surface area contributed by atoms with Crippen molar-refractivity contribution >= 4 is 13.7 Å². The molecule has 0 aliphatic heterocycles. The van der Waals surface area contributed by atoms with Crippen LogP contribution in [0.5, 0.6) is 0 Å². The summed E-state index contributed by atoms with van der Waals surface area (Å²) in [4.78, 5) is 23.5. The standard InChI is InChI=1S/C81H145N2O6P/c1-6-8-10-12-14-16-18-20-22-24-26-28-30-32-34-35-36-37-38-39-40-41-42-43-44-45-46-47-49-51-53-55-57-59-61-63-65-67-69-71-73-75-81(85)82-79(78-89-90(86,87)88-77-76-83(3,4)5)80(84)74-72-70-68-66-64-62-60-58-56-54-52-50-48-33-31-29-27-25-23-21-19-17-15-13-11-9-7-2/h8,10,14,16,20,22,26,28,32,34,36-37,39-40,42-43,45-46,72,74,79-80,84H,6-7,9,11-13,15,17-19,21,23-25,27,29-31,33,35,38,41,44,47-71,73,75-78H2,1-5H3,(H-,82,85,86,87)/p+1/b10-8-,16-14-,22-20-,28-26-,34-32-,37-36-,40-39-,43-42-,46-45-,74-72+. The number of unbranched alkanes of at least 4 members (excludes halogenated alkanes) is 38. The smallest absolute Gasteiger partial charge is 0.387 e. The number of aliphatic hydroxyl groups is 1. The van der Waals surface area contributed by atoms with Gasteiger partial charge in [0.1, 0.15) is 13.2 Å². The van der Waals surface area contributed by atoms with Crippen molar-refractivity contribution in [3.8, 4) is 0 Å². The molecule has 0 saturated heterocycles.